The molecule has 0 aromatic heterocycles. The summed E-state index contributed by atoms with van der Waals surface area (Å²) in [4.78, 5) is 0. The van der Waals surface area contributed by atoms with E-state index in [-0.39, 0.29) is 18.2 Å². The lowest BCUT2D eigenvalue weighted by molar-refractivity contribution is 0.611. The molecule has 0 amide bonds. The summed E-state index contributed by atoms with van der Waals surface area (Å²) in [5, 5.41) is 0. The Balaban J connectivity index is 2.49. The minimum Gasteiger partial charge on any atom is -0.326 e. The van der Waals surface area contributed by atoms with Gasteiger partial charge in [0, 0.05) is 12.1 Å². The van der Waals surface area contributed by atoms with Crippen LogP contribution in [-0.4, -0.2) is 0 Å². The van der Waals surface area contributed by atoms with Gasteiger partial charge in [-0.3, -0.25) is 0 Å². The zero-order chi connectivity index (χ0) is 12.4. The van der Waals surface area contributed by atoms with Gasteiger partial charge in [-0.25, -0.2) is 8.78 Å². The van der Waals surface area contributed by atoms with Gasteiger partial charge < -0.3 is 5.73 Å². The molecule has 0 spiro atoms. The van der Waals surface area contributed by atoms with Crippen molar-refractivity contribution in [3.63, 3.8) is 0 Å². The van der Waals surface area contributed by atoms with Crippen LogP contribution in [0.2, 0.25) is 0 Å². The van der Waals surface area contributed by atoms with Gasteiger partial charge in [-0.1, -0.05) is 18.2 Å². The maximum Gasteiger partial charge on any atom is 0.128 e. The topological polar surface area (TPSA) is 26.0 Å². The molecule has 3 heteroatoms. The van der Waals surface area contributed by atoms with Crippen molar-refractivity contribution in [2.45, 2.75) is 13.5 Å². The van der Waals surface area contributed by atoms with Crippen LogP contribution in [0.4, 0.5) is 8.78 Å². The second kappa shape index (κ2) is 4.63. The molecule has 0 aliphatic carbocycles. The quantitative estimate of drug-likeness (QED) is 0.845. The van der Waals surface area contributed by atoms with Gasteiger partial charge in [0.2, 0.25) is 0 Å². The molecule has 2 rings (SSSR count). The molecule has 2 N–H and O–H groups in total. The van der Waals surface area contributed by atoms with Crippen molar-refractivity contribution in [1.82, 2.24) is 0 Å². The first-order valence-electron chi connectivity index (χ1n) is 5.36. The van der Waals surface area contributed by atoms with Crippen LogP contribution < -0.4 is 5.73 Å². The lowest BCUT2D eigenvalue weighted by Crippen LogP contribution is -1.99. The van der Waals surface area contributed by atoms with E-state index in [9.17, 15) is 8.78 Å². The molecule has 0 saturated carbocycles. The second-order valence-corrected chi connectivity index (χ2v) is 4.03. The van der Waals surface area contributed by atoms with Crippen LogP contribution in [0.5, 0.6) is 0 Å². The van der Waals surface area contributed by atoms with E-state index in [1.807, 2.05) is 6.07 Å². The zero-order valence-corrected chi connectivity index (χ0v) is 9.50. The summed E-state index contributed by atoms with van der Waals surface area (Å²) in [6, 6.07) is 9.42. The van der Waals surface area contributed by atoms with Crippen LogP contribution in [0.15, 0.2) is 36.4 Å². The minimum absolute atomic E-state index is 0.161. The summed E-state index contributed by atoms with van der Waals surface area (Å²) in [7, 11) is 0. The van der Waals surface area contributed by atoms with E-state index >= 15 is 0 Å². The zero-order valence-electron chi connectivity index (χ0n) is 9.50. The fourth-order valence-electron chi connectivity index (χ4n) is 1.80. The molecular weight excluding hydrogens is 220 g/mol. The molecule has 0 fully saturated rings. The molecule has 0 bridgehead atoms. The predicted molar refractivity (Wildman–Crippen MR) is 64.4 cm³/mol. The largest absolute Gasteiger partial charge is 0.326 e. The molecule has 2 aromatic carbocycles. The Labute approximate surface area is 98.9 Å². The van der Waals surface area contributed by atoms with Gasteiger partial charge in [-0.05, 0) is 41.8 Å². The van der Waals surface area contributed by atoms with Crippen LogP contribution in [0.1, 0.15) is 11.1 Å². The summed E-state index contributed by atoms with van der Waals surface area (Å²) >= 11 is 0. The Kier molecular flexibility index (Phi) is 3.20. The molecule has 0 aliphatic heterocycles. The van der Waals surface area contributed by atoms with Gasteiger partial charge in [0.25, 0.3) is 0 Å². The van der Waals surface area contributed by atoms with Crippen molar-refractivity contribution in [2.24, 2.45) is 5.73 Å². The molecule has 88 valence electrons. The average Bonchev–Trinajstić information content (AvgIpc) is 2.27. The van der Waals surface area contributed by atoms with Crippen LogP contribution >= 0.6 is 0 Å². The van der Waals surface area contributed by atoms with Crippen LogP contribution in [0.3, 0.4) is 0 Å². The SMILES string of the molecule is Cc1cc(F)cc(-c2ccc(CN)c(F)c2)c1. The van der Waals surface area contributed by atoms with E-state index < -0.39 is 0 Å². The third-order valence-electron chi connectivity index (χ3n) is 2.65. The molecule has 0 aliphatic rings. The lowest BCUT2D eigenvalue weighted by Gasteiger charge is -2.06. The Hall–Kier alpha value is -1.74. The van der Waals surface area contributed by atoms with E-state index in [0.29, 0.717) is 16.7 Å². The highest BCUT2D eigenvalue weighted by Gasteiger charge is 2.05. The van der Waals surface area contributed by atoms with E-state index in [1.54, 1.807) is 19.1 Å². The summed E-state index contributed by atoms with van der Waals surface area (Å²) < 4.78 is 26.8. The van der Waals surface area contributed by atoms with E-state index in [0.717, 1.165) is 5.56 Å². The van der Waals surface area contributed by atoms with E-state index in [2.05, 4.69) is 0 Å². The van der Waals surface area contributed by atoms with Gasteiger partial charge >= 0.3 is 0 Å². The number of nitrogens with two attached hydrogens (primary N) is 1. The van der Waals surface area contributed by atoms with Gasteiger partial charge in [0.1, 0.15) is 11.6 Å². The van der Waals surface area contributed by atoms with Gasteiger partial charge in [0.05, 0.1) is 0 Å². The van der Waals surface area contributed by atoms with Crippen LogP contribution in [-0.2, 0) is 6.54 Å². The van der Waals surface area contributed by atoms with Crippen molar-refractivity contribution in [1.29, 1.82) is 0 Å². The van der Waals surface area contributed by atoms with E-state index in [1.165, 1.54) is 18.2 Å². The fraction of sp³-hybridized carbons (Fsp3) is 0.143. The first-order valence-corrected chi connectivity index (χ1v) is 5.36. The number of rotatable bonds is 2. The van der Waals surface area contributed by atoms with Crippen molar-refractivity contribution in [3.8, 4) is 11.1 Å². The highest BCUT2D eigenvalue weighted by Crippen LogP contribution is 2.23. The number of halogens is 2. The monoisotopic (exact) mass is 233 g/mol. The first-order chi connectivity index (χ1) is 8.10. The average molecular weight is 233 g/mol. The van der Waals surface area contributed by atoms with Crippen LogP contribution in [0, 0.1) is 18.6 Å². The standard InChI is InChI=1S/C14H13F2N/c1-9-4-12(6-13(15)5-9)10-2-3-11(8-17)14(16)7-10/h2-7H,8,17H2,1H3. The Morgan fingerprint density at radius 3 is 2.35 bits per heavy atom. The fourth-order valence-corrected chi connectivity index (χ4v) is 1.80. The van der Waals surface area contributed by atoms with Crippen molar-refractivity contribution in [3.05, 3.63) is 59.2 Å². The lowest BCUT2D eigenvalue weighted by atomic mass is 10.0. The molecule has 0 unspecified atom stereocenters. The molecule has 0 atom stereocenters. The van der Waals surface area contributed by atoms with Crippen molar-refractivity contribution >= 4 is 0 Å². The number of hydrogen-bond acceptors (Lipinski definition) is 1. The maximum absolute atomic E-state index is 13.6. The molecule has 0 saturated heterocycles. The number of aryl methyl sites for hydroxylation is 1. The molecule has 0 radical (unpaired) electrons. The summed E-state index contributed by atoms with van der Waals surface area (Å²) in [5.41, 5.74) is 7.98. The van der Waals surface area contributed by atoms with E-state index in [4.69, 9.17) is 5.73 Å². The third kappa shape index (κ3) is 2.50. The van der Waals surface area contributed by atoms with Gasteiger partial charge in [-0.15, -0.1) is 0 Å². The smallest absolute Gasteiger partial charge is 0.128 e. The molecular formula is C14H13F2N. The van der Waals surface area contributed by atoms with Gasteiger partial charge in [-0.2, -0.15) is 0 Å². The highest BCUT2D eigenvalue weighted by molar-refractivity contribution is 5.64. The third-order valence-corrected chi connectivity index (χ3v) is 2.65. The first kappa shape index (κ1) is 11.7. The molecule has 2 aromatic rings. The van der Waals surface area contributed by atoms with Gasteiger partial charge in [0.15, 0.2) is 0 Å². The summed E-state index contributed by atoms with van der Waals surface area (Å²) in [5.74, 6) is -0.671. The molecule has 1 nitrogen and oxygen atoms in total. The minimum atomic E-state index is -0.355. The summed E-state index contributed by atoms with van der Waals surface area (Å²) in [6.07, 6.45) is 0. The maximum atomic E-state index is 13.6. The predicted octanol–water partition coefficient (Wildman–Crippen LogP) is 3.40. The molecule has 0 heterocycles. The van der Waals surface area contributed by atoms with Crippen molar-refractivity contribution in [2.75, 3.05) is 0 Å². The summed E-state index contributed by atoms with van der Waals surface area (Å²) in [6.45, 7) is 1.96. The second-order valence-electron chi connectivity index (χ2n) is 4.03. The highest BCUT2D eigenvalue weighted by atomic mass is 19.1. The Morgan fingerprint density at radius 2 is 1.76 bits per heavy atom. The number of benzene rings is 2. The Morgan fingerprint density at radius 1 is 1.00 bits per heavy atom. The van der Waals surface area contributed by atoms with Crippen molar-refractivity contribution < 1.29 is 8.78 Å². The molecule has 17 heavy (non-hydrogen) atoms. The number of hydrogen-bond donors (Lipinski definition) is 1. The van der Waals surface area contributed by atoms with Crippen LogP contribution in [0.25, 0.3) is 11.1 Å². The Bertz CT molecular complexity index is 530. The normalized spacial score (nSPS) is 10.6.